The third-order valence-electron chi connectivity index (χ3n) is 4.78. The molecular weight excluding hydrogens is 340 g/mol. The maximum Gasteiger partial charge on any atom is 0.255 e. The zero-order valence-corrected chi connectivity index (χ0v) is 16.3. The van der Waals surface area contributed by atoms with Gasteiger partial charge in [-0.15, -0.1) is 0 Å². The average molecular weight is 368 g/mol. The van der Waals surface area contributed by atoms with Crippen molar-refractivity contribution in [3.8, 4) is 0 Å². The highest BCUT2D eigenvalue weighted by Gasteiger charge is 2.12. The second kappa shape index (κ2) is 8.97. The van der Waals surface area contributed by atoms with Gasteiger partial charge in [0.2, 0.25) is 0 Å². The van der Waals surface area contributed by atoms with Crippen LogP contribution in [-0.4, -0.2) is 55.2 Å². The van der Waals surface area contributed by atoms with E-state index >= 15 is 0 Å². The SMILES string of the molecule is Cc1cc(C)c(NC(=O)c2ccnc(NCCN3CCOCC3)c2)c(C)c1. The Hall–Kier alpha value is -2.44. The lowest BCUT2D eigenvalue weighted by Gasteiger charge is -2.26. The fraction of sp³-hybridized carbons (Fsp3) is 0.429. The van der Waals surface area contributed by atoms with Gasteiger partial charge in [-0.2, -0.15) is 0 Å². The normalized spacial score (nSPS) is 14.8. The van der Waals surface area contributed by atoms with Crippen LogP contribution < -0.4 is 10.6 Å². The van der Waals surface area contributed by atoms with Gasteiger partial charge in [0.05, 0.1) is 13.2 Å². The van der Waals surface area contributed by atoms with Crippen molar-refractivity contribution in [3.05, 3.63) is 52.7 Å². The van der Waals surface area contributed by atoms with Crippen molar-refractivity contribution in [2.75, 3.05) is 50.0 Å². The second-order valence-electron chi connectivity index (χ2n) is 7.04. The number of nitrogens with one attached hydrogen (secondary N) is 2. The molecular formula is C21H28N4O2. The number of nitrogens with zero attached hydrogens (tertiary/aromatic N) is 2. The number of ether oxygens (including phenoxy) is 1. The number of pyridine rings is 1. The predicted molar refractivity (Wildman–Crippen MR) is 109 cm³/mol. The minimum Gasteiger partial charge on any atom is -0.379 e. The van der Waals surface area contributed by atoms with Crippen LogP contribution in [0, 0.1) is 20.8 Å². The Bertz CT molecular complexity index is 778. The lowest BCUT2D eigenvalue weighted by molar-refractivity contribution is 0.0398. The summed E-state index contributed by atoms with van der Waals surface area (Å²) < 4.78 is 5.36. The van der Waals surface area contributed by atoms with Crippen molar-refractivity contribution < 1.29 is 9.53 Å². The van der Waals surface area contributed by atoms with E-state index < -0.39 is 0 Å². The number of aromatic nitrogens is 1. The second-order valence-corrected chi connectivity index (χ2v) is 7.04. The molecule has 0 saturated carbocycles. The molecule has 1 saturated heterocycles. The molecule has 0 atom stereocenters. The maximum atomic E-state index is 12.7. The van der Waals surface area contributed by atoms with Crippen molar-refractivity contribution in [2.45, 2.75) is 20.8 Å². The number of hydrogen-bond donors (Lipinski definition) is 2. The Morgan fingerprint density at radius 2 is 1.85 bits per heavy atom. The molecule has 1 aliphatic heterocycles. The third-order valence-corrected chi connectivity index (χ3v) is 4.78. The molecule has 0 spiro atoms. The molecule has 2 aromatic rings. The zero-order chi connectivity index (χ0) is 19.2. The van der Waals surface area contributed by atoms with Crippen LogP contribution in [0.15, 0.2) is 30.5 Å². The van der Waals surface area contributed by atoms with Crippen molar-refractivity contribution in [3.63, 3.8) is 0 Å². The number of benzene rings is 1. The van der Waals surface area contributed by atoms with E-state index in [1.807, 2.05) is 13.8 Å². The number of carbonyl (C=O) groups is 1. The summed E-state index contributed by atoms with van der Waals surface area (Å²) in [4.78, 5) is 19.4. The summed E-state index contributed by atoms with van der Waals surface area (Å²) in [6.07, 6.45) is 1.67. The van der Waals surface area contributed by atoms with E-state index in [4.69, 9.17) is 4.74 Å². The Kier molecular flexibility index (Phi) is 6.42. The van der Waals surface area contributed by atoms with E-state index in [0.29, 0.717) is 11.4 Å². The van der Waals surface area contributed by atoms with E-state index in [2.05, 4.69) is 39.6 Å². The molecule has 2 heterocycles. The van der Waals surface area contributed by atoms with Crippen LogP contribution in [0.25, 0.3) is 0 Å². The van der Waals surface area contributed by atoms with Gasteiger partial charge < -0.3 is 15.4 Å². The van der Waals surface area contributed by atoms with E-state index in [-0.39, 0.29) is 5.91 Å². The molecule has 0 radical (unpaired) electrons. The number of anilines is 2. The molecule has 2 N–H and O–H groups in total. The largest absolute Gasteiger partial charge is 0.379 e. The van der Waals surface area contributed by atoms with Gasteiger partial charge in [-0.1, -0.05) is 17.7 Å². The van der Waals surface area contributed by atoms with Gasteiger partial charge in [0.15, 0.2) is 0 Å². The number of morpholine rings is 1. The van der Waals surface area contributed by atoms with Gasteiger partial charge in [-0.3, -0.25) is 9.69 Å². The summed E-state index contributed by atoms with van der Waals surface area (Å²) in [6.45, 7) is 11.3. The van der Waals surface area contributed by atoms with Crippen LogP contribution in [0.5, 0.6) is 0 Å². The van der Waals surface area contributed by atoms with E-state index in [1.54, 1.807) is 18.3 Å². The van der Waals surface area contributed by atoms with E-state index in [0.717, 1.165) is 56.2 Å². The first-order chi connectivity index (χ1) is 13.0. The molecule has 27 heavy (non-hydrogen) atoms. The van der Waals surface area contributed by atoms with Gasteiger partial charge in [0, 0.05) is 43.6 Å². The number of amides is 1. The zero-order valence-electron chi connectivity index (χ0n) is 16.3. The first-order valence-corrected chi connectivity index (χ1v) is 9.42. The van der Waals surface area contributed by atoms with Gasteiger partial charge in [0.25, 0.3) is 5.91 Å². The number of hydrogen-bond acceptors (Lipinski definition) is 5. The van der Waals surface area contributed by atoms with Crippen molar-refractivity contribution in [2.24, 2.45) is 0 Å². The summed E-state index contributed by atoms with van der Waals surface area (Å²) in [5.74, 6) is 0.594. The van der Waals surface area contributed by atoms with Gasteiger partial charge in [0.1, 0.15) is 5.82 Å². The molecule has 1 aromatic carbocycles. The van der Waals surface area contributed by atoms with Crippen LogP contribution >= 0.6 is 0 Å². The predicted octanol–water partition coefficient (Wildman–Crippen LogP) is 3.00. The number of aryl methyl sites for hydroxylation is 3. The van der Waals surface area contributed by atoms with Crippen LogP contribution in [0.1, 0.15) is 27.0 Å². The maximum absolute atomic E-state index is 12.7. The third kappa shape index (κ3) is 5.28. The highest BCUT2D eigenvalue weighted by Crippen LogP contribution is 2.22. The lowest BCUT2D eigenvalue weighted by atomic mass is 10.0. The van der Waals surface area contributed by atoms with Crippen molar-refractivity contribution in [1.29, 1.82) is 0 Å². The van der Waals surface area contributed by atoms with Crippen LogP contribution in [-0.2, 0) is 4.74 Å². The molecule has 6 nitrogen and oxygen atoms in total. The molecule has 6 heteroatoms. The molecule has 0 aliphatic carbocycles. The van der Waals surface area contributed by atoms with Gasteiger partial charge >= 0.3 is 0 Å². The first-order valence-electron chi connectivity index (χ1n) is 9.42. The average Bonchev–Trinajstić information content (AvgIpc) is 2.65. The summed E-state index contributed by atoms with van der Waals surface area (Å²) in [7, 11) is 0. The van der Waals surface area contributed by atoms with Crippen LogP contribution in [0.3, 0.4) is 0 Å². The monoisotopic (exact) mass is 368 g/mol. The molecule has 1 fully saturated rings. The summed E-state index contributed by atoms with van der Waals surface area (Å²) >= 11 is 0. The van der Waals surface area contributed by atoms with E-state index in [9.17, 15) is 4.79 Å². The smallest absolute Gasteiger partial charge is 0.255 e. The van der Waals surface area contributed by atoms with Crippen molar-refractivity contribution >= 4 is 17.4 Å². The Balaban J connectivity index is 1.60. The van der Waals surface area contributed by atoms with Crippen LogP contribution in [0.2, 0.25) is 0 Å². The Labute approximate surface area is 160 Å². The number of carbonyl (C=O) groups excluding carboxylic acids is 1. The highest BCUT2D eigenvalue weighted by atomic mass is 16.5. The minimum atomic E-state index is -0.122. The first kappa shape index (κ1) is 19.3. The quantitative estimate of drug-likeness (QED) is 0.820. The molecule has 1 amide bonds. The molecule has 1 aromatic heterocycles. The lowest BCUT2D eigenvalue weighted by Crippen LogP contribution is -2.39. The molecule has 144 valence electrons. The Morgan fingerprint density at radius 1 is 1.15 bits per heavy atom. The summed E-state index contributed by atoms with van der Waals surface area (Å²) in [5.41, 5.74) is 4.80. The molecule has 1 aliphatic rings. The fourth-order valence-electron chi connectivity index (χ4n) is 3.40. The minimum absolute atomic E-state index is 0.122. The molecule has 0 unspecified atom stereocenters. The van der Waals surface area contributed by atoms with Crippen LogP contribution in [0.4, 0.5) is 11.5 Å². The fourth-order valence-corrected chi connectivity index (χ4v) is 3.40. The highest BCUT2D eigenvalue weighted by molar-refractivity contribution is 6.05. The van der Waals surface area contributed by atoms with Gasteiger partial charge in [-0.05, 0) is 44.0 Å². The molecule has 0 bridgehead atoms. The topological polar surface area (TPSA) is 66.5 Å². The Morgan fingerprint density at radius 3 is 2.56 bits per heavy atom. The van der Waals surface area contributed by atoms with E-state index in [1.165, 1.54) is 5.56 Å². The van der Waals surface area contributed by atoms with Gasteiger partial charge in [-0.25, -0.2) is 4.98 Å². The number of rotatable bonds is 6. The summed E-state index contributed by atoms with van der Waals surface area (Å²) in [5, 5.41) is 6.35. The molecule has 3 rings (SSSR count). The van der Waals surface area contributed by atoms with Crippen molar-refractivity contribution in [1.82, 2.24) is 9.88 Å². The standard InChI is InChI=1S/C21H28N4O2/c1-15-12-16(2)20(17(3)13-15)24-21(26)18-4-5-22-19(14-18)23-6-7-25-8-10-27-11-9-25/h4-5,12-14H,6-11H2,1-3H3,(H,22,23)(H,24,26). The summed E-state index contributed by atoms with van der Waals surface area (Å²) in [6, 6.07) is 7.69.